The molecule has 0 radical (unpaired) electrons. The molecule has 2 heterocycles. The summed E-state index contributed by atoms with van der Waals surface area (Å²) in [7, 11) is 0. The fourth-order valence-corrected chi connectivity index (χ4v) is 3.30. The Labute approximate surface area is 101 Å². The maximum absolute atomic E-state index is 5.95. The van der Waals surface area contributed by atoms with E-state index >= 15 is 0 Å². The van der Waals surface area contributed by atoms with Crippen LogP contribution in [0.3, 0.4) is 0 Å². The summed E-state index contributed by atoms with van der Waals surface area (Å²) in [5.74, 6) is 0. The van der Waals surface area contributed by atoms with Gasteiger partial charge in [0.25, 0.3) is 0 Å². The minimum atomic E-state index is 0.231. The zero-order chi connectivity index (χ0) is 11.6. The SMILES string of the molecule is Cc1nc(CC2(CN)CCOCC2)sc1C. The first-order valence-electron chi connectivity index (χ1n) is 5.86. The number of hydrogen-bond acceptors (Lipinski definition) is 4. The van der Waals surface area contributed by atoms with Crippen LogP contribution in [0, 0.1) is 19.3 Å². The fourth-order valence-electron chi connectivity index (χ4n) is 2.19. The van der Waals surface area contributed by atoms with Gasteiger partial charge >= 0.3 is 0 Å². The van der Waals surface area contributed by atoms with E-state index in [0.717, 1.165) is 39.0 Å². The maximum atomic E-state index is 5.95. The van der Waals surface area contributed by atoms with Crippen LogP contribution in [0.4, 0.5) is 0 Å². The van der Waals surface area contributed by atoms with Gasteiger partial charge in [0.2, 0.25) is 0 Å². The molecule has 1 aliphatic rings. The molecule has 0 saturated carbocycles. The lowest BCUT2D eigenvalue weighted by Crippen LogP contribution is -2.38. The monoisotopic (exact) mass is 240 g/mol. The number of hydrogen-bond donors (Lipinski definition) is 1. The van der Waals surface area contributed by atoms with E-state index in [0.29, 0.717) is 0 Å². The zero-order valence-electron chi connectivity index (χ0n) is 10.1. The van der Waals surface area contributed by atoms with Crippen molar-refractivity contribution in [1.82, 2.24) is 4.98 Å². The van der Waals surface area contributed by atoms with Crippen molar-refractivity contribution < 1.29 is 4.74 Å². The van der Waals surface area contributed by atoms with E-state index in [1.807, 2.05) is 11.3 Å². The number of nitrogens with zero attached hydrogens (tertiary/aromatic N) is 1. The summed E-state index contributed by atoms with van der Waals surface area (Å²) in [4.78, 5) is 5.95. The van der Waals surface area contributed by atoms with E-state index in [-0.39, 0.29) is 5.41 Å². The van der Waals surface area contributed by atoms with Crippen LogP contribution < -0.4 is 5.73 Å². The Bertz CT molecular complexity index is 336. The van der Waals surface area contributed by atoms with Crippen molar-refractivity contribution in [2.24, 2.45) is 11.1 Å². The van der Waals surface area contributed by atoms with E-state index in [2.05, 4.69) is 18.8 Å². The van der Waals surface area contributed by atoms with Crippen molar-refractivity contribution in [3.05, 3.63) is 15.6 Å². The highest BCUT2D eigenvalue weighted by molar-refractivity contribution is 7.11. The molecule has 0 bridgehead atoms. The minimum Gasteiger partial charge on any atom is -0.381 e. The first-order valence-corrected chi connectivity index (χ1v) is 6.68. The number of nitrogens with two attached hydrogens (primary N) is 1. The van der Waals surface area contributed by atoms with Crippen molar-refractivity contribution in [1.29, 1.82) is 0 Å². The van der Waals surface area contributed by atoms with Crippen molar-refractivity contribution in [3.63, 3.8) is 0 Å². The summed E-state index contributed by atoms with van der Waals surface area (Å²) < 4.78 is 5.42. The smallest absolute Gasteiger partial charge is 0.0936 e. The molecule has 1 fully saturated rings. The molecule has 1 aromatic rings. The third kappa shape index (κ3) is 2.44. The highest BCUT2D eigenvalue weighted by Gasteiger charge is 2.32. The van der Waals surface area contributed by atoms with Gasteiger partial charge in [-0.05, 0) is 38.6 Å². The third-order valence-electron chi connectivity index (χ3n) is 3.59. The van der Waals surface area contributed by atoms with Crippen LogP contribution in [0.15, 0.2) is 0 Å². The molecule has 0 spiro atoms. The van der Waals surface area contributed by atoms with Gasteiger partial charge in [0.1, 0.15) is 0 Å². The van der Waals surface area contributed by atoms with E-state index in [4.69, 9.17) is 10.5 Å². The van der Waals surface area contributed by atoms with Crippen LogP contribution in [0.5, 0.6) is 0 Å². The normalized spacial score (nSPS) is 19.9. The largest absolute Gasteiger partial charge is 0.381 e. The molecule has 2 N–H and O–H groups in total. The van der Waals surface area contributed by atoms with E-state index in [9.17, 15) is 0 Å². The quantitative estimate of drug-likeness (QED) is 0.879. The van der Waals surface area contributed by atoms with Gasteiger partial charge in [-0.15, -0.1) is 11.3 Å². The van der Waals surface area contributed by atoms with Gasteiger partial charge in [0.15, 0.2) is 0 Å². The van der Waals surface area contributed by atoms with Crippen LogP contribution >= 0.6 is 11.3 Å². The van der Waals surface area contributed by atoms with Crippen molar-refractivity contribution >= 4 is 11.3 Å². The Morgan fingerprint density at radius 2 is 2.06 bits per heavy atom. The number of rotatable bonds is 3. The van der Waals surface area contributed by atoms with Crippen molar-refractivity contribution in [2.75, 3.05) is 19.8 Å². The molecule has 0 atom stereocenters. The lowest BCUT2D eigenvalue weighted by molar-refractivity contribution is 0.0191. The molecule has 90 valence electrons. The molecule has 0 aromatic carbocycles. The Kier molecular flexibility index (Phi) is 3.62. The molecular formula is C12H20N2OS. The standard InChI is InChI=1S/C12H20N2OS/c1-9-10(2)16-11(14-9)7-12(8-13)3-5-15-6-4-12/h3-8,13H2,1-2H3. The molecule has 1 aliphatic heterocycles. The molecule has 0 aliphatic carbocycles. The first kappa shape index (κ1) is 12.0. The summed E-state index contributed by atoms with van der Waals surface area (Å²) in [5, 5.41) is 1.24. The maximum Gasteiger partial charge on any atom is 0.0936 e. The highest BCUT2D eigenvalue weighted by atomic mass is 32.1. The minimum absolute atomic E-state index is 0.231. The van der Waals surface area contributed by atoms with Crippen LogP contribution in [0.25, 0.3) is 0 Å². The molecule has 4 heteroatoms. The van der Waals surface area contributed by atoms with Crippen molar-refractivity contribution in [2.45, 2.75) is 33.1 Å². The zero-order valence-corrected chi connectivity index (χ0v) is 10.9. The van der Waals surface area contributed by atoms with Gasteiger partial charge < -0.3 is 10.5 Å². The Hall–Kier alpha value is -0.450. The summed E-state index contributed by atoms with van der Waals surface area (Å²) in [6.45, 7) is 6.65. The summed E-state index contributed by atoms with van der Waals surface area (Å²) in [6.07, 6.45) is 3.16. The number of thiazole rings is 1. The molecule has 0 amide bonds. The van der Waals surface area contributed by atoms with Crippen LogP contribution in [0.1, 0.15) is 28.4 Å². The Morgan fingerprint density at radius 3 is 2.56 bits per heavy atom. The fraction of sp³-hybridized carbons (Fsp3) is 0.750. The van der Waals surface area contributed by atoms with Gasteiger partial charge in [-0.1, -0.05) is 0 Å². The van der Waals surface area contributed by atoms with Crippen LogP contribution in [-0.4, -0.2) is 24.7 Å². The topological polar surface area (TPSA) is 48.1 Å². The highest BCUT2D eigenvalue weighted by Crippen LogP contribution is 2.34. The van der Waals surface area contributed by atoms with E-state index in [1.165, 1.54) is 15.6 Å². The number of aryl methyl sites for hydroxylation is 2. The average Bonchev–Trinajstić information content (AvgIpc) is 2.59. The molecule has 3 nitrogen and oxygen atoms in total. The summed E-state index contributed by atoms with van der Waals surface area (Å²) >= 11 is 1.81. The summed E-state index contributed by atoms with van der Waals surface area (Å²) in [6, 6.07) is 0. The third-order valence-corrected chi connectivity index (χ3v) is 4.66. The first-order chi connectivity index (χ1) is 7.65. The second-order valence-corrected chi connectivity index (χ2v) is 6.03. The van der Waals surface area contributed by atoms with Gasteiger partial charge in [-0.25, -0.2) is 4.98 Å². The van der Waals surface area contributed by atoms with Gasteiger partial charge in [0.05, 0.1) is 10.7 Å². The molecule has 16 heavy (non-hydrogen) atoms. The van der Waals surface area contributed by atoms with E-state index < -0.39 is 0 Å². The molecule has 1 aromatic heterocycles. The molecular weight excluding hydrogens is 220 g/mol. The lowest BCUT2D eigenvalue weighted by atomic mass is 9.77. The molecule has 2 rings (SSSR count). The Balaban J connectivity index is 2.11. The number of ether oxygens (including phenoxy) is 1. The molecule has 1 saturated heterocycles. The predicted molar refractivity (Wildman–Crippen MR) is 66.8 cm³/mol. The lowest BCUT2D eigenvalue weighted by Gasteiger charge is -2.35. The number of aromatic nitrogens is 1. The van der Waals surface area contributed by atoms with Crippen LogP contribution in [0.2, 0.25) is 0 Å². The van der Waals surface area contributed by atoms with Gasteiger partial charge in [-0.3, -0.25) is 0 Å². The summed E-state index contributed by atoms with van der Waals surface area (Å²) in [5.41, 5.74) is 7.35. The second kappa shape index (κ2) is 4.82. The molecule has 0 unspecified atom stereocenters. The van der Waals surface area contributed by atoms with Crippen molar-refractivity contribution in [3.8, 4) is 0 Å². The Morgan fingerprint density at radius 1 is 1.38 bits per heavy atom. The van der Waals surface area contributed by atoms with E-state index in [1.54, 1.807) is 0 Å². The van der Waals surface area contributed by atoms with Crippen LogP contribution in [-0.2, 0) is 11.2 Å². The predicted octanol–water partition coefficient (Wildman–Crippen LogP) is 2.06. The average molecular weight is 240 g/mol. The van der Waals surface area contributed by atoms with Gasteiger partial charge in [-0.2, -0.15) is 0 Å². The van der Waals surface area contributed by atoms with Gasteiger partial charge in [0, 0.05) is 24.5 Å². The second-order valence-electron chi connectivity index (χ2n) is 4.74.